The number of nitrogens with zero attached hydrogens (tertiary/aromatic N) is 1. The van der Waals surface area contributed by atoms with Crippen molar-refractivity contribution in [2.45, 2.75) is 55.3 Å². The molecular weight excluding hydrogens is 392 g/mol. The summed E-state index contributed by atoms with van der Waals surface area (Å²) in [4.78, 5) is 14.3. The van der Waals surface area contributed by atoms with Gasteiger partial charge in [0, 0.05) is 24.9 Å². The van der Waals surface area contributed by atoms with Gasteiger partial charge in [0.25, 0.3) is 0 Å². The molecule has 148 valence electrons. The molecule has 7 heteroatoms. The first-order valence-electron chi connectivity index (χ1n) is 9.97. The van der Waals surface area contributed by atoms with Gasteiger partial charge in [-0.3, -0.25) is 4.79 Å². The van der Waals surface area contributed by atoms with E-state index in [-0.39, 0.29) is 11.3 Å². The van der Waals surface area contributed by atoms with E-state index < -0.39 is 10.0 Å². The lowest BCUT2D eigenvalue weighted by atomic mass is 9.81. The Morgan fingerprint density at radius 2 is 1.86 bits per heavy atom. The van der Waals surface area contributed by atoms with Gasteiger partial charge in [0.15, 0.2) is 0 Å². The molecule has 0 saturated heterocycles. The van der Waals surface area contributed by atoms with Crippen molar-refractivity contribution in [1.82, 2.24) is 4.72 Å². The van der Waals surface area contributed by atoms with E-state index in [1.807, 2.05) is 4.90 Å². The topological polar surface area (TPSA) is 66.5 Å². The fourth-order valence-electron chi connectivity index (χ4n) is 5.08. The summed E-state index contributed by atoms with van der Waals surface area (Å²) in [6.07, 6.45) is 6.16. The van der Waals surface area contributed by atoms with Crippen LogP contribution in [0.2, 0.25) is 0 Å². The quantitative estimate of drug-likeness (QED) is 0.813. The van der Waals surface area contributed by atoms with Gasteiger partial charge in [-0.25, -0.2) is 13.1 Å². The molecule has 5 nitrogen and oxygen atoms in total. The minimum Gasteiger partial charge on any atom is -0.312 e. The van der Waals surface area contributed by atoms with Crippen LogP contribution < -0.4 is 9.62 Å². The molecule has 1 aromatic carbocycles. The lowest BCUT2D eigenvalue weighted by Crippen LogP contribution is -2.39. The van der Waals surface area contributed by atoms with Gasteiger partial charge in [0.2, 0.25) is 15.9 Å². The van der Waals surface area contributed by atoms with Crippen molar-refractivity contribution in [1.29, 1.82) is 0 Å². The van der Waals surface area contributed by atoms with Crippen LogP contribution in [-0.2, 0) is 33.1 Å². The molecule has 2 aromatic rings. The SMILES string of the molecule is O=C1CCc2cc(S(=O)(=O)NCC3(c4ccsc4)CCCC3)cc3c2N1CC3. The van der Waals surface area contributed by atoms with Crippen molar-refractivity contribution in [3.8, 4) is 0 Å². The van der Waals surface area contributed by atoms with Crippen molar-refractivity contribution < 1.29 is 13.2 Å². The number of nitrogens with one attached hydrogen (secondary N) is 1. The zero-order chi connectivity index (χ0) is 19.4. The number of anilines is 1. The van der Waals surface area contributed by atoms with Gasteiger partial charge in [-0.1, -0.05) is 12.8 Å². The van der Waals surface area contributed by atoms with Gasteiger partial charge in [-0.2, -0.15) is 11.3 Å². The van der Waals surface area contributed by atoms with Crippen molar-refractivity contribution in [3.63, 3.8) is 0 Å². The van der Waals surface area contributed by atoms with Crippen LogP contribution in [0, 0.1) is 0 Å². The molecule has 0 radical (unpaired) electrons. The third-order valence-corrected chi connectivity index (χ3v) is 8.69. The normalized spacial score (nSPS) is 20.6. The Kier molecular flexibility index (Phi) is 4.37. The molecule has 3 heterocycles. The number of rotatable bonds is 5. The van der Waals surface area contributed by atoms with Crippen molar-refractivity contribution in [3.05, 3.63) is 45.6 Å². The van der Waals surface area contributed by atoms with Gasteiger partial charge in [-0.05, 0) is 71.3 Å². The Labute approximate surface area is 169 Å². The molecule has 28 heavy (non-hydrogen) atoms. The van der Waals surface area contributed by atoms with E-state index in [1.165, 1.54) is 5.56 Å². The summed E-state index contributed by atoms with van der Waals surface area (Å²) in [5.41, 5.74) is 4.11. The first-order chi connectivity index (χ1) is 13.5. The fourth-order valence-corrected chi connectivity index (χ4v) is 7.09. The zero-order valence-electron chi connectivity index (χ0n) is 15.7. The number of carbonyl (C=O) groups excluding carboxylic acids is 1. The second-order valence-corrected chi connectivity index (χ2v) is 10.8. The highest BCUT2D eigenvalue weighted by Crippen LogP contribution is 2.42. The van der Waals surface area contributed by atoms with Crippen molar-refractivity contribution in [2.75, 3.05) is 18.0 Å². The van der Waals surface area contributed by atoms with Crippen LogP contribution in [0.15, 0.2) is 33.9 Å². The minimum atomic E-state index is -3.59. The third-order valence-electron chi connectivity index (χ3n) is 6.63. The van der Waals surface area contributed by atoms with E-state index in [9.17, 15) is 13.2 Å². The Hall–Kier alpha value is -1.70. The van der Waals surface area contributed by atoms with Crippen LogP contribution in [0.5, 0.6) is 0 Å². The summed E-state index contributed by atoms with van der Waals surface area (Å²) in [6.45, 7) is 1.11. The van der Waals surface area contributed by atoms with E-state index >= 15 is 0 Å². The molecule has 5 rings (SSSR count). The van der Waals surface area contributed by atoms with Gasteiger partial charge in [-0.15, -0.1) is 0 Å². The van der Waals surface area contributed by atoms with E-state index in [4.69, 9.17) is 0 Å². The molecule has 1 saturated carbocycles. The smallest absolute Gasteiger partial charge is 0.240 e. The molecule has 0 spiro atoms. The maximum atomic E-state index is 13.1. The molecule has 0 unspecified atom stereocenters. The molecular formula is C21H24N2O3S2. The average molecular weight is 417 g/mol. The second-order valence-electron chi connectivity index (χ2n) is 8.21. The molecule has 0 atom stereocenters. The number of aryl methyl sites for hydroxylation is 1. The Balaban J connectivity index is 1.43. The number of hydrogen-bond acceptors (Lipinski definition) is 4. The standard InChI is InChI=1S/C21H24N2O3S2/c24-19-4-3-15-11-18(12-16-5-9-23(19)20(15)16)28(25,26)22-14-21(7-1-2-8-21)17-6-10-27-13-17/h6,10-13,22H,1-5,7-9,14H2. The summed E-state index contributed by atoms with van der Waals surface area (Å²) < 4.78 is 29.2. The lowest BCUT2D eigenvalue weighted by molar-refractivity contribution is -0.118. The van der Waals surface area contributed by atoms with Crippen LogP contribution >= 0.6 is 11.3 Å². The maximum absolute atomic E-state index is 13.1. The molecule has 1 N–H and O–H groups in total. The molecule has 3 aliphatic rings. The van der Waals surface area contributed by atoms with Gasteiger partial charge in [0.1, 0.15) is 0 Å². The fraction of sp³-hybridized carbons (Fsp3) is 0.476. The molecule has 1 amide bonds. The monoisotopic (exact) mass is 416 g/mol. The van der Waals surface area contributed by atoms with Gasteiger partial charge in [0.05, 0.1) is 10.6 Å². The first-order valence-corrected chi connectivity index (χ1v) is 12.4. The van der Waals surface area contributed by atoms with Crippen LogP contribution in [-0.4, -0.2) is 27.4 Å². The molecule has 2 aliphatic heterocycles. The minimum absolute atomic E-state index is 0.0821. The summed E-state index contributed by atoms with van der Waals surface area (Å²) >= 11 is 1.67. The predicted molar refractivity (Wildman–Crippen MR) is 110 cm³/mol. The van der Waals surface area contributed by atoms with Crippen LogP contribution in [0.4, 0.5) is 5.69 Å². The first kappa shape index (κ1) is 18.3. The third kappa shape index (κ3) is 2.91. The predicted octanol–water partition coefficient (Wildman–Crippen LogP) is 3.37. The number of thiophene rings is 1. The second kappa shape index (κ2) is 6.68. The maximum Gasteiger partial charge on any atom is 0.240 e. The Morgan fingerprint density at radius 1 is 1.11 bits per heavy atom. The summed E-state index contributed by atoms with van der Waals surface area (Å²) in [5.74, 6) is 0.152. The van der Waals surface area contributed by atoms with E-state index in [0.29, 0.717) is 30.8 Å². The largest absolute Gasteiger partial charge is 0.312 e. The number of sulfonamides is 1. The highest BCUT2D eigenvalue weighted by atomic mass is 32.2. The Morgan fingerprint density at radius 3 is 2.57 bits per heavy atom. The summed E-state index contributed by atoms with van der Waals surface area (Å²) in [5, 5.41) is 4.23. The van der Waals surface area contributed by atoms with Crippen LogP contribution in [0.25, 0.3) is 0 Å². The number of carbonyl (C=O) groups is 1. The highest BCUT2D eigenvalue weighted by Gasteiger charge is 2.38. The van der Waals surface area contributed by atoms with E-state index in [2.05, 4.69) is 21.5 Å². The molecule has 1 fully saturated rings. The van der Waals surface area contributed by atoms with E-state index in [1.54, 1.807) is 23.5 Å². The van der Waals surface area contributed by atoms with Gasteiger partial charge >= 0.3 is 0 Å². The molecule has 0 bridgehead atoms. The number of hydrogen-bond donors (Lipinski definition) is 1. The highest BCUT2D eigenvalue weighted by molar-refractivity contribution is 7.89. The van der Waals surface area contributed by atoms with Gasteiger partial charge < -0.3 is 4.90 Å². The molecule has 1 aromatic heterocycles. The lowest BCUT2D eigenvalue weighted by Gasteiger charge is -2.29. The molecule has 1 aliphatic carbocycles. The number of benzene rings is 1. The average Bonchev–Trinajstić information content (AvgIpc) is 3.44. The van der Waals surface area contributed by atoms with Crippen molar-refractivity contribution in [2.24, 2.45) is 0 Å². The van der Waals surface area contributed by atoms with Crippen molar-refractivity contribution >= 4 is 33.0 Å². The zero-order valence-corrected chi connectivity index (χ0v) is 17.4. The number of amides is 1. The van der Waals surface area contributed by atoms with Crippen LogP contribution in [0.3, 0.4) is 0 Å². The summed E-state index contributed by atoms with van der Waals surface area (Å²) in [6, 6.07) is 5.68. The van der Waals surface area contributed by atoms with Crippen LogP contribution in [0.1, 0.15) is 48.8 Å². The Bertz CT molecular complexity index is 1020. The summed E-state index contributed by atoms with van der Waals surface area (Å²) in [7, 11) is -3.59. The van der Waals surface area contributed by atoms with E-state index in [0.717, 1.165) is 48.9 Å².